The van der Waals surface area contributed by atoms with E-state index in [2.05, 4.69) is 4.74 Å². The fraction of sp³-hybridized carbons (Fsp3) is 0.500. The van der Waals surface area contributed by atoms with Gasteiger partial charge >= 0.3 is 12.1 Å². The Balaban J connectivity index is 2.49. The minimum absolute atomic E-state index is 0.210. The van der Waals surface area contributed by atoms with Gasteiger partial charge in [0.1, 0.15) is 13.2 Å². The smallest absolute Gasteiger partial charge is 0.411 e. The molecule has 0 aliphatic rings. The maximum Gasteiger partial charge on any atom is 0.411 e. The quantitative estimate of drug-likeness (QED) is 0.726. The van der Waals surface area contributed by atoms with Crippen LogP contribution in [-0.4, -0.2) is 50.9 Å². The largest absolute Gasteiger partial charge is 0.461 e. The number of likely N-dealkylation sites (N-methyl/N-ethyl adjacent to an activating group) is 1. The van der Waals surface area contributed by atoms with Crippen molar-refractivity contribution in [2.24, 2.45) is 0 Å². The molecule has 0 aliphatic heterocycles. The molecule has 0 spiro atoms. The number of alkyl halides is 3. The van der Waals surface area contributed by atoms with Crippen molar-refractivity contribution >= 4 is 5.97 Å². The predicted molar refractivity (Wildman–Crippen MR) is 71.0 cm³/mol. The molecular weight excluding hydrogens is 287 g/mol. The Morgan fingerprint density at radius 1 is 1.29 bits per heavy atom. The number of hydrogen-bond acceptors (Lipinski definition) is 4. The summed E-state index contributed by atoms with van der Waals surface area (Å²) in [4.78, 5) is 13.6. The predicted octanol–water partition coefficient (Wildman–Crippen LogP) is 2.48. The zero-order valence-electron chi connectivity index (χ0n) is 11.9. The van der Waals surface area contributed by atoms with Crippen molar-refractivity contribution in [1.82, 2.24) is 4.90 Å². The van der Waals surface area contributed by atoms with E-state index in [1.165, 1.54) is 6.07 Å². The van der Waals surface area contributed by atoms with Gasteiger partial charge in [-0.05, 0) is 31.8 Å². The zero-order chi connectivity index (χ0) is 15.9. The van der Waals surface area contributed by atoms with Crippen LogP contribution in [0.25, 0.3) is 0 Å². The SMILES string of the molecule is CN(C)CCOC(=O)c1cccc(COCC(F)(F)F)c1. The van der Waals surface area contributed by atoms with Crippen molar-refractivity contribution in [3.8, 4) is 0 Å². The van der Waals surface area contributed by atoms with E-state index < -0.39 is 18.8 Å². The van der Waals surface area contributed by atoms with Gasteiger partial charge < -0.3 is 14.4 Å². The summed E-state index contributed by atoms with van der Waals surface area (Å²) in [5.74, 6) is -0.505. The molecule has 118 valence electrons. The lowest BCUT2D eigenvalue weighted by atomic mass is 10.1. The lowest BCUT2D eigenvalue weighted by molar-refractivity contribution is -0.176. The first kappa shape index (κ1) is 17.5. The van der Waals surface area contributed by atoms with Gasteiger partial charge in [-0.2, -0.15) is 13.2 Å². The van der Waals surface area contributed by atoms with Crippen LogP contribution in [0.3, 0.4) is 0 Å². The van der Waals surface area contributed by atoms with E-state index >= 15 is 0 Å². The summed E-state index contributed by atoms with van der Waals surface area (Å²) >= 11 is 0. The van der Waals surface area contributed by atoms with Crippen LogP contribution < -0.4 is 0 Å². The first-order chi connectivity index (χ1) is 9.78. The molecule has 0 heterocycles. The summed E-state index contributed by atoms with van der Waals surface area (Å²) in [7, 11) is 3.71. The highest BCUT2D eigenvalue weighted by Gasteiger charge is 2.27. The second-order valence-electron chi connectivity index (χ2n) is 4.75. The zero-order valence-corrected chi connectivity index (χ0v) is 11.9. The topological polar surface area (TPSA) is 38.8 Å². The molecule has 0 fully saturated rings. The summed E-state index contributed by atoms with van der Waals surface area (Å²) in [5.41, 5.74) is 0.781. The van der Waals surface area contributed by atoms with E-state index in [1.807, 2.05) is 19.0 Å². The monoisotopic (exact) mass is 305 g/mol. The van der Waals surface area contributed by atoms with Crippen molar-refractivity contribution in [3.63, 3.8) is 0 Å². The van der Waals surface area contributed by atoms with Crippen LogP contribution >= 0.6 is 0 Å². The number of esters is 1. The molecule has 0 bridgehead atoms. The number of ether oxygens (including phenoxy) is 2. The first-order valence-electron chi connectivity index (χ1n) is 6.33. The molecule has 0 saturated carbocycles. The second-order valence-corrected chi connectivity index (χ2v) is 4.75. The van der Waals surface area contributed by atoms with E-state index in [9.17, 15) is 18.0 Å². The Labute approximate surface area is 121 Å². The highest BCUT2D eigenvalue weighted by molar-refractivity contribution is 5.89. The summed E-state index contributed by atoms with van der Waals surface area (Å²) < 4.78 is 45.5. The highest BCUT2D eigenvalue weighted by Crippen LogP contribution is 2.16. The summed E-state index contributed by atoms with van der Waals surface area (Å²) in [6.07, 6.45) is -4.36. The maximum atomic E-state index is 12.0. The molecule has 0 atom stereocenters. The van der Waals surface area contributed by atoms with Crippen molar-refractivity contribution in [2.75, 3.05) is 33.9 Å². The first-order valence-corrected chi connectivity index (χ1v) is 6.33. The summed E-state index contributed by atoms with van der Waals surface area (Å²) in [6.45, 7) is -0.677. The molecular formula is C14H18F3NO3. The lowest BCUT2D eigenvalue weighted by Crippen LogP contribution is -2.20. The average molecular weight is 305 g/mol. The molecule has 0 N–H and O–H groups in total. The molecule has 0 aliphatic carbocycles. The van der Waals surface area contributed by atoms with Gasteiger partial charge in [-0.1, -0.05) is 12.1 Å². The molecule has 1 aromatic carbocycles. The number of carbonyl (C=O) groups excluding carboxylic acids is 1. The molecule has 0 aromatic heterocycles. The van der Waals surface area contributed by atoms with Crippen LogP contribution in [0.4, 0.5) is 13.2 Å². The summed E-state index contributed by atoms with van der Waals surface area (Å²) in [6, 6.07) is 6.18. The van der Waals surface area contributed by atoms with E-state index in [4.69, 9.17) is 4.74 Å². The van der Waals surface area contributed by atoms with Gasteiger partial charge in [-0.15, -0.1) is 0 Å². The molecule has 7 heteroatoms. The van der Waals surface area contributed by atoms with Crippen LogP contribution in [0.1, 0.15) is 15.9 Å². The Bertz CT molecular complexity index is 461. The third-order valence-electron chi connectivity index (χ3n) is 2.47. The second kappa shape index (κ2) is 7.99. The van der Waals surface area contributed by atoms with Crippen molar-refractivity contribution in [3.05, 3.63) is 35.4 Å². The van der Waals surface area contributed by atoms with Crippen molar-refractivity contribution < 1.29 is 27.4 Å². The van der Waals surface area contributed by atoms with Gasteiger partial charge in [0.15, 0.2) is 0 Å². The van der Waals surface area contributed by atoms with Crippen molar-refractivity contribution in [1.29, 1.82) is 0 Å². The summed E-state index contributed by atoms with van der Waals surface area (Å²) in [5, 5.41) is 0. The van der Waals surface area contributed by atoms with Gasteiger partial charge in [0, 0.05) is 6.54 Å². The minimum atomic E-state index is -4.36. The van der Waals surface area contributed by atoms with Crippen LogP contribution in [0, 0.1) is 0 Å². The third-order valence-corrected chi connectivity index (χ3v) is 2.47. The van der Waals surface area contributed by atoms with Gasteiger partial charge in [0.2, 0.25) is 0 Å². The Morgan fingerprint density at radius 3 is 2.62 bits per heavy atom. The van der Waals surface area contributed by atoms with Gasteiger partial charge in [0.05, 0.1) is 12.2 Å². The Kier molecular flexibility index (Phi) is 6.64. The van der Waals surface area contributed by atoms with Gasteiger partial charge in [-0.3, -0.25) is 0 Å². The fourth-order valence-corrected chi connectivity index (χ4v) is 1.48. The number of carbonyl (C=O) groups is 1. The van der Waals surface area contributed by atoms with Gasteiger partial charge in [0.25, 0.3) is 0 Å². The number of rotatable bonds is 7. The molecule has 0 radical (unpaired) electrons. The average Bonchev–Trinajstić information content (AvgIpc) is 2.37. The van der Waals surface area contributed by atoms with Crippen LogP contribution in [-0.2, 0) is 16.1 Å². The molecule has 0 amide bonds. The van der Waals surface area contributed by atoms with Crippen molar-refractivity contribution in [2.45, 2.75) is 12.8 Å². The molecule has 0 unspecified atom stereocenters. The van der Waals surface area contributed by atoms with Crippen LogP contribution in [0.15, 0.2) is 24.3 Å². The standard InChI is InChI=1S/C14H18F3NO3/c1-18(2)6-7-21-13(19)12-5-3-4-11(8-12)9-20-10-14(15,16)17/h3-5,8H,6-7,9-10H2,1-2H3. The van der Waals surface area contributed by atoms with Crippen LogP contribution in [0.5, 0.6) is 0 Å². The number of hydrogen-bond donors (Lipinski definition) is 0. The molecule has 21 heavy (non-hydrogen) atoms. The van der Waals surface area contributed by atoms with Gasteiger partial charge in [-0.25, -0.2) is 4.79 Å². The van der Waals surface area contributed by atoms with Crippen LogP contribution in [0.2, 0.25) is 0 Å². The Morgan fingerprint density at radius 2 is 2.00 bits per heavy atom. The number of nitrogens with zero attached hydrogens (tertiary/aromatic N) is 1. The third kappa shape index (κ3) is 7.67. The molecule has 1 rings (SSSR count). The van der Waals surface area contributed by atoms with E-state index in [0.717, 1.165) is 0 Å². The highest BCUT2D eigenvalue weighted by atomic mass is 19.4. The molecule has 4 nitrogen and oxygen atoms in total. The minimum Gasteiger partial charge on any atom is -0.461 e. The fourth-order valence-electron chi connectivity index (χ4n) is 1.48. The van der Waals surface area contributed by atoms with E-state index in [-0.39, 0.29) is 13.2 Å². The molecule has 0 saturated heterocycles. The number of halogens is 3. The Hall–Kier alpha value is -1.60. The number of benzene rings is 1. The van der Waals surface area contributed by atoms with E-state index in [1.54, 1.807) is 18.2 Å². The molecule has 1 aromatic rings. The normalized spacial score (nSPS) is 11.7. The lowest BCUT2D eigenvalue weighted by Gasteiger charge is -2.11. The van der Waals surface area contributed by atoms with E-state index in [0.29, 0.717) is 17.7 Å². The maximum absolute atomic E-state index is 12.0.